The zero-order chi connectivity index (χ0) is 26.0. The Morgan fingerprint density at radius 1 is 0.405 bits per heavy atom. The number of aromatic hydroxyl groups is 4. The zero-order valence-electron chi connectivity index (χ0n) is 19.6. The summed E-state index contributed by atoms with van der Waals surface area (Å²) in [5, 5.41) is 38.5. The minimum atomic E-state index is 0.0343. The van der Waals surface area contributed by atoms with Gasteiger partial charge < -0.3 is 25.2 Å². The first kappa shape index (κ1) is 27.5. The Bertz CT molecular complexity index is 1040. The molecule has 0 saturated heterocycles. The van der Waals surface area contributed by atoms with Crippen molar-refractivity contribution in [3.05, 3.63) is 97.1 Å². The van der Waals surface area contributed by atoms with Crippen LogP contribution in [0.1, 0.15) is 0 Å². The summed E-state index contributed by atoms with van der Waals surface area (Å²) >= 11 is 6.62. The first-order valence-corrected chi connectivity index (χ1v) is 14.9. The molecule has 37 heavy (non-hydrogen) atoms. The van der Waals surface area contributed by atoms with E-state index in [4.69, 9.17) is 4.74 Å². The smallest absolute Gasteiger partial charge is 0.115 e. The van der Waals surface area contributed by atoms with Crippen LogP contribution in [0.2, 0.25) is 0 Å². The third-order valence-electron chi connectivity index (χ3n) is 4.92. The molecule has 0 atom stereocenters. The molecule has 192 valence electrons. The molecule has 9 heteroatoms. The van der Waals surface area contributed by atoms with Crippen LogP contribution in [0.15, 0.2) is 117 Å². The molecule has 4 N–H and O–H groups in total. The average molecular weight is 571 g/mol. The van der Waals surface area contributed by atoms with Crippen LogP contribution in [0.3, 0.4) is 0 Å². The van der Waals surface area contributed by atoms with Crippen molar-refractivity contribution in [1.29, 1.82) is 0 Å². The van der Waals surface area contributed by atoms with Gasteiger partial charge in [-0.05, 0) is 97.1 Å². The van der Waals surface area contributed by atoms with E-state index < -0.39 is 0 Å². The number of benzene rings is 4. The minimum absolute atomic E-state index is 0.0343. The second kappa shape index (κ2) is 13.8. The molecule has 0 aliphatic rings. The Morgan fingerprint density at radius 2 is 0.622 bits per heavy atom. The van der Waals surface area contributed by atoms with E-state index in [0.29, 0.717) is 13.2 Å². The zero-order valence-corrected chi connectivity index (χ0v) is 22.9. The summed E-state index contributed by atoms with van der Waals surface area (Å²) in [6, 6.07) is 28.4. The molecule has 4 aromatic rings. The molecular formula is C28H26O5S4. The van der Waals surface area contributed by atoms with Gasteiger partial charge in [0.1, 0.15) is 23.0 Å². The van der Waals surface area contributed by atoms with E-state index in [1.807, 2.05) is 48.5 Å². The summed E-state index contributed by atoms with van der Waals surface area (Å²) < 4.78 is 6.33. The molecule has 0 saturated carbocycles. The molecule has 0 fully saturated rings. The summed E-state index contributed by atoms with van der Waals surface area (Å²) in [7, 11) is 0. The largest absolute Gasteiger partial charge is 0.508 e. The van der Waals surface area contributed by atoms with E-state index in [0.717, 1.165) is 19.6 Å². The summed E-state index contributed by atoms with van der Waals surface area (Å²) in [5.41, 5.74) is 0. The molecule has 0 aliphatic heterocycles. The molecule has 0 spiro atoms. The third-order valence-corrected chi connectivity index (χ3v) is 9.85. The highest BCUT2D eigenvalue weighted by atomic mass is 32.2. The second-order valence-corrected chi connectivity index (χ2v) is 13.5. The third kappa shape index (κ3) is 9.36. The van der Waals surface area contributed by atoms with Crippen LogP contribution in [-0.4, -0.2) is 42.8 Å². The van der Waals surface area contributed by atoms with Gasteiger partial charge >= 0.3 is 0 Å². The van der Waals surface area contributed by atoms with Gasteiger partial charge in [0.05, 0.1) is 22.4 Å². The average Bonchev–Trinajstić information content (AvgIpc) is 2.89. The SMILES string of the molecule is Oc1ccc(SC(COCC(Sc2ccc(O)cc2)Sc2ccc(O)cc2)Sc2ccc(O)cc2)cc1. The van der Waals surface area contributed by atoms with Gasteiger partial charge in [0.2, 0.25) is 0 Å². The molecule has 4 rings (SSSR count). The predicted octanol–water partition coefficient (Wildman–Crippen LogP) is 7.65. The van der Waals surface area contributed by atoms with E-state index in [-0.39, 0.29) is 32.2 Å². The molecule has 5 nitrogen and oxygen atoms in total. The summed E-state index contributed by atoms with van der Waals surface area (Å²) in [6.45, 7) is 0.944. The standard InChI is InChI=1S/C28H26O5S4/c29-19-1-9-23(10-2-19)34-27(35-24-11-3-20(30)4-12-24)17-33-18-28(36-25-13-5-21(31)6-14-25)37-26-15-7-22(32)8-16-26/h1-16,27-32H,17-18H2. The van der Waals surface area contributed by atoms with E-state index >= 15 is 0 Å². The molecule has 0 aliphatic carbocycles. The van der Waals surface area contributed by atoms with Gasteiger partial charge in [-0.2, -0.15) is 0 Å². The maximum atomic E-state index is 9.63. The van der Waals surface area contributed by atoms with Crippen molar-refractivity contribution in [1.82, 2.24) is 0 Å². The van der Waals surface area contributed by atoms with Gasteiger partial charge in [-0.15, -0.1) is 47.0 Å². The number of thioether (sulfide) groups is 4. The van der Waals surface area contributed by atoms with Crippen molar-refractivity contribution >= 4 is 47.0 Å². The molecule has 0 radical (unpaired) electrons. The Kier molecular flexibility index (Phi) is 10.3. The van der Waals surface area contributed by atoms with Gasteiger partial charge in [-0.3, -0.25) is 0 Å². The first-order chi connectivity index (χ1) is 17.9. The Morgan fingerprint density at radius 3 is 0.838 bits per heavy atom. The highest BCUT2D eigenvalue weighted by molar-refractivity contribution is 8.17. The number of hydrogen-bond acceptors (Lipinski definition) is 9. The number of rotatable bonds is 12. The van der Waals surface area contributed by atoms with Crippen molar-refractivity contribution in [2.75, 3.05) is 13.2 Å². The maximum Gasteiger partial charge on any atom is 0.115 e. The molecule has 4 aromatic carbocycles. The Labute approximate surface area is 233 Å². The summed E-state index contributed by atoms with van der Waals surface area (Å²) in [4.78, 5) is 4.08. The fraction of sp³-hybridized carbons (Fsp3) is 0.143. The minimum Gasteiger partial charge on any atom is -0.508 e. The highest BCUT2D eigenvalue weighted by Crippen LogP contribution is 2.39. The Hall–Kier alpha value is -2.56. The maximum absolute atomic E-state index is 9.63. The van der Waals surface area contributed by atoms with Gasteiger partial charge in [-0.25, -0.2) is 0 Å². The highest BCUT2D eigenvalue weighted by Gasteiger charge is 2.18. The normalized spacial score (nSPS) is 11.3. The van der Waals surface area contributed by atoms with Crippen LogP contribution in [0.5, 0.6) is 23.0 Å². The van der Waals surface area contributed by atoms with Crippen molar-refractivity contribution in [3.63, 3.8) is 0 Å². The van der Waals surface area contributed by atoms with Crippen LogP contribution < -0.4 is 0 Å². The topological polar surface area (TPSA) is 90.2 Å². The lowest BCUT2D eigenvalue weighted by molar-refractivity contribution is 0.159. The van der Waals surface area contributed by atoms with E-state index in [1.165, 1.54) is 0 Å². The second-order valence-electron chi connectivity index (χ2n) is 7.84. The molecule has 0 aromatic heterocycles. The number of hydrogen-bond donors (Lipinski definition) is 4. The van der Waals surface area contributed by atoms with Crippen LogP contribution in [-0.2, 0) is 4.74 Å². The molecule has 0 unspecified atom stereocenters. The van der Waals surface area contributed by atoms with Crippen LogP contribution in [0.4, 0.5) is 0 Å². The van der Waals surface area contributed by atoms with Gasteiger partial charge in [0, 0.05) is 19.6 Å². The molecule has 0 bridgehead atoms. The fourth-order valence-corrected chi connectivity index (χ4v) is 7.91. The van der Waals surface area contributed by atoms with E-state index in [2.05, 4.69) is 0 Å². The van der Waals surface area contributed by atoms with Crippen LogP contribution in [0, 0.1) is 0 Å². The molecule has 0 heterocycles. The number of phenolic OH excluding ortho intramolecular Hbond substituents is 4. The lowest BCUT2D eigenvalue weighted by atomic mass is 10.3. The van der Waals surface area contributed by atoms with Gasteiger partial charge in [0.25, 0.3) is 0 Å². The monoisotopic (exact) mass is 570 g/mol. The van der Waals surface area contributed by atoms with E-state index in [1.54, 1.807) is 95.6 Å². The van der Waals surface area contributed by atoms with Gasteiger partial charge in [-0.1, -0.05) is 0 Å². The number of ether oxygens (including phenoxy) is 1. The fourth-order valence-electron chi connectivity index (χ4n) is 3.15. The lowest BCUT2D eigenvalue weighted by Gasteiger charge is -2.20. The lowest BCUT2D eigenvalue weighted by Crippen LogP contribution is -2.14. The number of phenols is 4. The first-order valence-electron chi connectivity index (χ1n) is 11.3. The Balaban J connectivity index is 1.43. The van der Waals surface area contributed by atoms with Crippen molar-refractivity contribution < 1.29 is 25.2 Å². The van der Waals surface area contributed by atoms with Crippen molar-refractivity contribution in [3.8, 4) is 23.0 Å². The van der Waals surface area contributed by atoms with Crippen molar-refractivity contribution in [2.45, 2.75) is 28.7 Å². The summed E-state index contributed by atoms with van der Waals surface area (Å²) in [6.07, 6.45) is 0. The summed E-state index contributed by atoms with van der Waals surface area (Å²) in [5.74, 6) is 0.903. The predicted molar refractivity (Wildman–Crippen MR) is 154 cm³/mol. The quantitative estimate of drug-likeness (QED) is 0.101. The van der Waals surface area contributed by atoms with Crippen molar-refractivity contribution in [2.24, 2.45) is 0 Å². The van der Waals surface area contributed by atoms with E-state index in [9.17, 15) is 20.4 Å². The van der Waals surface area contributed by atoms with Crippen LogP contribution in [0.25, 0.3) is 0 Å². The molecular weight excluding hydrogens is 545 g/mol. The van der Waals surface area contributed by atoms with Gasteiger partial charge in [0.15, 0.2) is 0 Å². The molecule has 0 amide bonds. The van der Waals surface area contributed by atoms with Crippen LogP contribution >= 0.6 is 47.0 Å².